The second-order valence-electron chi connectivity index (χ2n) is 8.47. The Hall–Kier alpha value is -3.04. The Morgan fingerprint density at radius 1 is 1.25 bits per heavy atom. The molecule has 32 heavy (non-hydrogen) atoms. The summed E-state index contributed by atoms with van der Waals surface area (Å²) in [5, 5.41) is 3.41. The molecule has 1 aromatic carbocycles. The van der Waals surface area contributed by atoms with Crippen LogP contribution in [-0.4, -0.2) is 39.8 Å². The van der Waals surface area contributed by atoms with E-state index in [1.807, 2.05) is 32.0 Å². The first-order chi connectivity index (χ1) is 15.2. The molecule has 8 nitrogen and oxygen atoms in total. The minimum Gasteiger partial charge on any atom is -0.369 e. The van der Waals surface area contributed by atoms with Crippen LogP contribution in [0.25, 0.3) is 10.2 Å². The van der Waals surface area contributed by atoms with Crippen LogP contribution in [0.1, 0.15) is 45.0 Å². The summed E-state index contributed by atoms with van der Waals surface area (Å²) in [7, 11) is 0. The Balaban J connectivity index is 1.55. The van der Waals surface area contributed by atoms with Crippen LogP contribution in [0, 0.1) is 26.7 Å². The number of amides is 2. The zero-order valence-electron chi connectivity index (χ0n) is 18.4. The van der Waals surface area contributed by atoms with Gasteiger partial charge in [0.1, 0.15) is 10.7 Å². The molecule has 0 bridgehead atoms. The van der Waals surface area contributed by atoms with Crippen molar-refractivity contribution in [2.45, 2.75) is 40.2 Å². The van der Waals surface area contributed by atoms with E-state index in [9.17, 15) is 14.4 Å². The molecule has 0 spiro atoms. The van der Waals surface area contributed by atoms with Gasteiger partial charge < -0.3 is 16.0 Å². The zero-order valence-corrected chi connectivity index (χ0v) is 19.3. The Bertz CT molecular complexity index is 1250. The molecule has 4 N–H and O–H groups in total. The molecule has 0 radical (unpaired) electrons. The van der Waals surface area contributed by atoms with Crippen LogP contribution in [0.2, 0.25) is 0 Å². The fourth-order valence-electron chi connectivity index (χ4n) is 4.20. The predicted molar refractivity (Wildman–Crippen MR) is 126 cm³/mol. The van der Waals surface area contributed by atoms with Crippen molar-refractivity contribution in [1.82, 2.24) is 14.9 Å². The topological polar surface area (TPSA) is 121 Å². The number of H-pyrrole nitrogens is 1. The maximum Gasteiger partial charge on any atom is 0.266 e. The summed E-state index contributed by atoms with van der Waals surface area (Å²) in [5.74, 6) is -0.0215. The van der Waals surface area contributed by atoms with Crippen LogP contribution in [0.15, 0.2) is 23.0 Å². The third kappa shape index (κ3) is 4.44. The molecule has 0 saturated carbocycles. The summed E-state index contributed by atoms with van der Waals surface area (Å²) in [5.41, 5.74) is 8.65. The van der Waals surface area contributed by atoms with Crippen LogP contribution in [0.4, 0.5) is 5.69 Å². The average Bonchev–Trinajstić information content (AvgIpc) is 3.07. The number of likely N-dealkylation sites (tertiary alicyclic amines) is 1. The highest BCUT2D eigenvalue weighted by Gasteiger charge is 2.24. The summed E-state index contributed by atoms with van der Waals surface area (Å²) in [6, 6.07) is 5.85. The average molecular weight is 454 g/mol. The van der Waals surface area contributed by atoms with Crippen molar-refractivity contribution in [2.24, 2.45) is 11.7 Å². The monoisotopic (exact) mass is 453 g/mol. The lowest BCUT2D eigenvalue weighted by atomic mass is 9.96. The van der Waals surface area contributed by atoms with Crippen LogP contribution >= 0.6 is 11.3 Å². The van der Waals surface area contributed by atoms with Gasteiger partial charge in [0, 0.05) is 11.6 Å². The number of fused-ring (bicyclic) bond motifs is 1. The normalized spacial score (nSPS) is 15.2. The third-order valence-electron chi connectivity index (χ3n) is 6.05. The van der Waals surface area contributed by atoms with Gasteiger partial charge in [-0.2, -0.15) is 0 Å². The Morgan fingerprint density at radius 2 is 1.97 bits per heavy atom. The molecule has 9 heteroatoms. The van der Waals surface area contributed by atoms with Crippen molar-refractivity contribution in [1.29, 1.82) is 0 Å². The van der Waals surface area contributed by atoms with E-state index in [0.717, 1.165) is 29.9 Å². The molecule has 2 amide bonds. The summed E-state index contributed by atoms with van der Waals surface area (Å²) >= 11 is 1.23. The van der Waals surface area contributed by atoms with E-state index in [1.54, 1.807) is 6.92 Å². The van der Waals surface area contributed by atoms with Crippen molar-refractivity contribution in [2.75, 3.05) is 18.4 Å². The Morgan fingerprint density at radius 3 is 2.62 bits per heavy atom. The second-order valence-corrected chi connectivity index (χ2v) is 9.47. The first-order valence-electron chi connectivity index (χ1n) is 10.7. The van der Waals surface area contributed by atoms with Crippen molar-refractivity contribution in [3.8, 4) is 0 Å². The number of primary amides is 1. The van der Waals surface area contributed by atoms with Gasteiger partial charge in [0.25, 0.3) is 11.5 Å². The van der Waals surface area contributed by atoms with Crippen molar-refractivity contribution < 1.29 is 9.59 Å². The number of piperidine rings is 1. The molecule has 0 unspecified atom stereocenters. The number of aryl methyl sites for hydroxylation is 3. The molecule has 1 aliphatic heterocycles. The number of anilines is 1. The Kier molecular flexibility index (Phi) is 6.12. The molecule has 1 aliphatic rings. The van der Waals surface area contributed by atoms with E-state index in [-0.39, 0.29) is 23.3 Å². The molecule has 3 heterocycles. The number of nitrogens with zero attached hydrogens (tertiary/aromatic N) is 2. The number of benzene rings is 1. The number of aromatic nitrogens is 2. The maximum atomic E-state index is 13.0. The van der Waals surface area contributed by atoms with Crippen molar-refractivity contribution in [3.05, 3.63) is 55.9 Å². The van der Waals surface area contributed by atoms with Crippen molar-refractivity contribution >= 4 is 39.1 Å². The molecule has 1 fully saturated rings. The summed E-state index contributed by atoms with van der Waals surface area (Å²) in [4.78, 5) is 47.8. The van der Waals surface area contributed by atoms with Crippen LogP contribution in [-0.2, 0) is 11.3 Å². The van der Waals surface area contributed by atoms with Crippen molar-refractivity contribution in [3.63, 3.8) is 0 Å². The Labute approximate surface area is 189 Å². The van der Waals surface area contributed by atoms with Gasteiger partial charge in [0.15, 0.2) is 0 Å². The quantitative estimate of drug-likeness (QED) is 0.548. The highest BCUT2D eigenvalue weighted by Crippen LogP contribution is 2.29. The molecule has 0 aliphatic carbocycles. The number of nitrogens with two attached hydrogens (primary N) is 1. The highest BCUT2D eigenvalue weighted by atomic mass is 32.1. The lowest BCUT2D eigenvalue weighted by Gasteiger charge is -2.29. The van der Waals surface area contributed by atoms with Gasteiger partial charge in [-0.3, -0.25) is 19.3 Å². The maximum absolute atomic E-state index is 13.0. The van der Waals surface area contributed by atoms with E-state index in [1.165, 1.54) is 11.3 Å². The number of hydrogen-bond donors (Lipinski definition) is 3. The number of carbonyl (C=O) groups excluding carboxylic acids is 2. The fraction of sp³-hybridized carbons (Fsp3) is 0.391. The predicted octanol–water partition coefficient (Wildman–Crippen LogP) is 2.86. The molecule has 0 atom stereocenters. The first kappa shape index (κ1) is 22.2. The molecular formula is C23H27N5O3S. The molecule has 168 valence electrons. The largest absolute Gasteiger partial charge is 0.369 e. The molecule has 3 aromatic rings. The van der Waals surface area contributed by atoms with Gasteiger partial charge >= 0.3 is 0 Å². The first-order valence-corrected chi connectivity index (χ1v) is 11.5. The number of hydrogen-bond acceptors (Lipinski definition) is 6. The second kappa shape index (κ2) is 8.84. The van der Waals surface area contributed by atoms with E-state index in [0.29, 0.717) is 45.9 Å². The summed E-state index contributed by atoms with van der Waals surface area (Å²) in [6.45, 7) is 7.67. The third-order valence-corrected chi connectivity index (χ3v) is 7.23. The minimum absolute atomic E-state index is 0.0843. The van der Waals surface area contributed by atoms with Crippen LogP contribution in [0.5, 0.6) is 0 Å². The summed E-state index contributed by atoms with van der Waals surface area (Å²) in [6.07, 6.45) is 1.42. The van der Waals surface area contributed by atoms with E-state index in [4.69, 9.17) is 5.73 Å². The fourth-order valence-corrected chi connectivity index (χ4v) is 5.30. The number of thiophene rings is 1. The lowest BCUT2D eigenvalue weighted by Crippen LogP contribution is -2.38. The smallest absolute Gasteiger partial charge is 0.266 e. The van der Waals surface area contributed by atoms with Gasteiger partial charge in [-0.1, -0.05) is 17.7 Å². The lowest BCUT2D eigenvalue weighted by molar-refractivity contribution is -0.123. The van der Waals surface area contributed by atoms with E-state index >= 15 is 0 Å². The van der Waals surface area contributed by atoms with Gasteiger partial charge in [0.05, 0.1) is 16.8 Å². The van der Waals surface area contributed by atoms with Gasteiger partial charge in [-0.05, 0) is 63.9 Å². The number of carbonyl (C=O) groups is 2. The van der Waals surface area contributed by atoms with Crippen LogP contribution in [0.3, 0.4) is 0 Å². The van der Waals surface area contributed by atoms with Crippen LogP contribution < -0.4 is 16.6 Å². The number of aromatic amines is 1. The standard InChI is InChI=1S/C23H27N5O3S/c1-12-4-5-16(13(2)10-12)25-22(31)19-14(3)18-21(30)26-17(27-23(18)32-19)11-28-8-6-15(7-9-28)20(24)29/h4-5,10,15H,6-9,11H2,1-3H3,(H2,24,29)(H,25,31)(H,26,27,30). The van der Waals surface area contributed by atoms with Gasteiger partial charge in [-0.25, -0.2) is 4.98 Å². The van der Waals surface area contributed by atoms with Gasteiger partial charge in [0.2, 0.25) is 5.91 Å². The summed E-state index contributed by atoms with van der Waals surface area (Å²) < 4.78 is 0. The van der Waals surface area contributed by atoms with E-state index in [2.05, 4.69) is 20.2 Å². The minimum atomic E-state index is -0.252. The molecule has 1 saturated heterocycles. The SMILES string of the molecule is Cc1ccc(NC(=O)c2sc3nc(CN4CCC(C(N)=O)CC4)[nH]c(=O)c3c2C)c(C)c1. The highest BCUT2D eigenvalue weighted by molar-refractivity contribution is 7.20. The number of nitrogens with one attached hydrogen (secondary N) is 2. The van der Waals surface area contributed by atoms with E-state index < -0.39 is 0 Å². The zero-order chi connectivity index (χ0) is 23.0. The molecular weight excluding hydrogens is 426 g/mol. The number of rotatable bonds is 5. The van der Waals surface area contributed by atoms with Gasteiger partial charge in [-0.15, -0.1) is 11.3 Å². The molecule has 2 aromatic heterocycles. The molecule has 4 rings (SSSR count).